The highest BCUT2D eigenvalue weighted by molar-refractivity contribution is 7.99. The minimum absolute atomic E-state index is 0.0365. The highest BCUT2D eigenvalue weighted by atomic mass is 32.2. The van der Waals surface area contributed by atoms with E-state index < -0.39 is 5.41 Å². The Morgan fingerprint density at radius 3 is 2.76 bits per heavy atom. The van der Waals surface area contributed by atoms with Gasteiger partial charge in [0, 0.05) is 10.6 Å². The van der Waals surface area contributed by atoms with Crippen molar-refractivity contribution in [3.8, 4) is 0 Å². The van der Waals surface area contributed by atoms with Gasteiger partial charge in [-0.3, -0.25) is 4.79 Å². The summed E-state index contributed by atoms with van der Waals surface area (Å²) in [5.74, 6) is 0.442. The lowest BCUT2D eigenvalue weighted by Gasteiger charge is -2.20. The zero-order valence-corrected chi connectivity index (χ0v) is 11.2. The van der Waals surface area contributed by atoms with E-state index in [0.29, 0.717) is 5.75 Å². The molecule has 1 rings (SSSR count). The van der Waals surface area contributed by atoms with Crippen LogP contribution in [0.3, 0.4) is 0 Å². The van der Waals surface area contributed by atoms with Crippen LogP contribution >= 0.6 is 11.8 Å². The molecule has 0 saturated carbocycles. The number of hydrogen-bond acceptors (Lipinski definition) is 4. The minimum Gasteiger partial charge on any atom is -0.469 e. The molecule has 0 unspecified atom stereocenters. The molecule has 0 fully saturated rings. The Hall–Kier alpha value is -1.00. The fraction of sp³-hybridized carbons (Fsp3) is 0.462. The molecule has 0 aromatic heterocycles. The van der Waals surface area contributed by atoms with Crippen molar-refractivity contribution in [2.45, 2.75) is 25.3 Å². The monoisotopic (exact) mass is 254 g/mol. The second-order valence-electron chi connectivity index (χ2n) is 4.47. The Bertz CT molecular complexity index is 388. The lowest BCUT2D eigenvalue weighted by molar-refractivity contribution is -0.149. The van der Waals surface area contributed by atoms with Gasteiger partial charge in [-0.1, -0.05) is 12.1 Å². The molecule has 0 radical (unpaired) electrons. The van der Waals surface area contributed by atoms with Crippen molar-refractivity contribution in [3.05, 3.63) is 29.8 Å². The molecular formula is C13H18O3S. The van der Waals surface area contributed by atoms with E-state index in [1.165, 1.54) is 7.11 Å². The van der Waals surface area contributed by atoms with Gasteiger partial charge in [0.1, 0.15) is 0 Å². The molecule has 0 saturated heterocycles. The van der Waals surface area contributed by atoms with Crippen LogP contribution in [0.2, 0.25) is 0 Å². The Morgan fingerprint density at radius 1 is 1.47 bits per heavy atom. The van der Waals surface area contributed by atoms with E-state index in [1.54, 1.807) is 11.8 Å². The number of aliphatic hydroxyl groups is 1. The molecule has 0 heterocycles. The highest BCUT2D eigenvalue weighted by Gasteiger charge is 2.28. The van der Waals surface area contributed by atoms with E-state index in [0.717, 1.165) is 10.5 Å². The molecular weight excluding hydrogens is 236 g/mol. The molecule has 1 aromatic rings. The summed E-state index contributed by atoms with van der Waals surface area (Å²) < 4.78 is 4.76. The first-order valence-electron chi connectivity index (χ1n) is 5.40. The van der Waals surface area contributed by atoms with Crippen LogP contribution < -0.4 is 0 Å². The van der Waals surface area contributed by atoms with Crippen LogP contribution in [-0.4, -0.2) is 23.9 Å². The van der Waals surface area contributed by atoms with Gasteiger partial charge in [-0.15, -0.1) is 11.8 Å². The van der Waals surface area contributed by atoms with Crippen molar-refractivity contribution in [3.63, 3.8) is 0 Å². The maximum atomic E-state index is 11.5. The van der Waals surface area contributed by atoms with E-state index in [-0.39, 0.29) is 12.6 Å². The summed E-state index contributed by atoms with van der Waals surface area (Å²) >= 11 is 1.59. The molecule has 0 aliphatic carbocycles. The van der Waals surface area contributed by atoms with Crippen molar-refractivity contribution in [1.82, 2.24) is 0 Å². The molecule has 94 valence electrons. The molecule has 0 bridgehead atoms. The number of carbonyl (C=O) groups excluding carboxylic acids is 1. The number of rotatable bonds is 5. The molecule has 17 heavy (non-hydrogen) atoms. The van der Waals surface area contributed by atoms with Crippen molar-refractivity contribution in [2.24, 2.45) is 5.41 Å². The van der Waals surface area contributed by atoms with Gasteiger partial charge in [-0.25, -0.2) is 0 Å². The van der Waals surface area contributed by atoms with E-state index in [9.17, 15) is 4.79 Å². The SMILES string of the molecule is COC(=O)C(C)(C)CSc1cccc(CO)c1. The van der Waals surface area contributed by atoms with Crippen molar-refractivity contribution in [1.29, 1.82) is 0 Å². The average Bonchev–Trinajstić information content (AvgIpc) is 2.35. The quantitative estimate of drug-likeness (QED) is 0.647. The normalized spacial score (nSPS) is 11.3. The zero-order chi connectivity index (χ0) is 12.9. The number of aliphatic hydroxyl groups excluding tert-OH is 1. The Labute approximate surface area is 106 Å². The predicted molar refractivity (Wildman–Crippen MR) is 68.9 cm³/mol. The van der Waals surface area contributed by atoms with Gasteiger partial charge in [-0.2, -0.15) is 0 Å². The summed E-state index contributed by atoms with van der Waals surface area (Å²) in [6, 6.07) is 7.67. The zero-order valence-electron chi connectivity index (χ0n) is 10.4. The summed E-state index contributed by atoms with van der Waals surface area (Å²) in [6.45, 7) is 3.76. The van der Waals surface area contributed by atoms with E-state index >= 15 is 0 Å². The van der Waals surface area contributed by atoms with Gasteiger partial charge in [0.25, 0.3) is 0 Å². The van der Waals surface area contributed by atoms with E-state index in [4.69, 9.17) is 9.84 Å². The number of thioether (sulfide) groups is 1. The van der Waals surface area contributed by atoms with Crippen LogP contribution in [-0.2, 0) is 16.1 Å². The lowest BCUT2D eigenvalue weighted by Crippen LogP contribution is -2.28. The summed E-state index contributed by atoms with van der Waals surface area (Å²) in [6.07, 6.45) is 0. The number of benzene rings is 1. The lowest BCUT2D eigenvalue weighted by atomic mass is 9.97. The van der Waals surface area contributed by atoms with E-state index in [2.05, 4.69) is 0 Å². The molecule has 0 aliphatic heterocycles. The van der Waals surface area contributed by atoms with Gasteiger partial charge >= 0.3 is 5.97 Å². The van der Waals surface area contributed by atoms with Crippen LogP contribution in [0.25, 0.3) is 0 Å². The molecule has 1 N–H and O–H groups in total. The van der Waals surface area contributed by atoms with Crippen molar-refractivity contribution >= 4 is 17.7 Å². The average molecular weight is 254 g/mol. The first-order valence-corrected chi connectivity index (χ1v) is 6.39. The van der Waals surface area contributed by atoms with Crippen molar-refractivity contribution < 1.29 is 14.6 Å². The predicted octanol–water partition coefficient (Wildman–Crippen LogP) is 2.47. The van der Waals surface area contributed by atoms with Crippen LogP contribution in [0, 0.1) is 5.41 Å². The third kappa shape index (κ3) is 4.06. The van der Waals surface area contributed by atoms with Crippen LogP contribution in [0.1, 0.15) is 19.4 Å². The maximum absolute atomic E-state index is 11.5. The van der Waals surface area contributed by atoms with Gasteiger partial charge in [0.2, 0.25) is 0 Å². The fourth-order valence-electron chi connectivity index (χ4n) is 1.33. The van der Waals surface area contributed by atoms with Crippen LogP contribution in [0.5, 0.6) is 0 Å². The summed E-state index contributed by atoms with van der Waals surface area (Å²) in [5.41, 5.74) is 0.375. The minimum atomic E-state index is -0.505. The molecule has 1 aromatic carbocycles. The van der Waals surface area contributed by atoms with E-state index in [1.807, 2.05) is 38.1 Å². The number of methoxy groups -OCH3 is 1. The largest absolute Gasteiger partial charge is 0.469 e. The third-order valence-electron chi connectivity index (χ3n) is 2.42. The molecule has 0 aliphatic rings. The number of hydrogen-bond donors (Lipinski definition) is 1. The van der Waals surface area contributed by atoms with Gasteiger partial charge in [0.05, 0.1) is 19.1 Å². The third-order valence-corrected chi connectivity index (χ3v) is 3.87. The van der Waals surface area contributed by atoms with Crippen molar-refractivity contribution in [2.75, 3.05) is 12.9 Å². The number of carbonyl (C=O) groups is 1. The standard InChI is InChI=1S/C13H18O3S/c1-13(2,12(15)16-3)9-17-11-6-4-5-10(7-11)8-14/h4-7,14H,8-9H2,1-3H3. The molecule has 3 nitrogen and oxygen atoms in total. The smallest absolute Gasteiger partial charge is 0.312 e. The topological polar surface area (TPSA) is 46.5 Å². The second kappa shape index (κ2) is 6.07. The Kier molecular flexibility index (Phi) is 5.02. The first-order chi connectivity index (χ1) is 7.99. The maximum Gasteiger partial charge on any atom is 0.312 e. The summed E-state index contributed by atoms with van der Waals surface area (Å²) in [5, 5.41) is 9.03. The molecule has 4 heteroatoms. The van der Waals surface area contributed by atoms with Gasteiger partial charge in [0.15, 0.2) is 0 Å². The van der Waals surface area contributed by atoms with Gasteiger partial charge < -0.3 is 9.84 Å². The molecule has 0 atom stereocenters. The fourth-order valence-corrected chi connectivity index (χ4v) is 2.39. The van der Waals surface area contributed by atoms with Crippen LogP contribution in [0.4, 0.5) is 0 Å². The highest BCUT2D eigenvalue weighted by Crippen LogP contribution is 2.29. The Morgan fingerprint density at radius 2 is 2.18 bits per heavy atom. The summed E-state index contributed by atoms with van der Waals surface area (Å²) in [7, 11) is 1.40. The van der Waals surface area contributed by atoms with Crippen LogP contribution in [0.15, 0.2) is 29.2 Å². The molecule has 0 amide bonds. The Balaban J connectivity index is 2.63. The number of ether oxygens (including phenoxy) is 1. The number of esters is 1. The second-order valence-corrected chi connectivity index (χ2v) is 5.52. The first kappa shape index (κ1) is 14.1. The summed E-state index contributed by atoms with van der Waals surface area (Å²) in [4.78, 5) is 12.6. The molecule has 0 spiro atoms. The van der Waals surface area contributed by atoms with Gasteiger partial charge in [-0.05, 0) is 31.5 Å².